The van der Waals surface area contributed by atoms with Crippen molar-refractivity contribution in [2.75, 3.05) is 13.7 Å². The zero-order chi connectivity index (χ0) is 20.5. The molecule has 0 saturated heterocycles. The van der Waals surface area contributed by atoms with E-state index in [1.54, 1.807) is 14.0 Å². The summed E-state index contributed by atoms with van der Waals surface area (Å²) < 4.78 is 11.1. The Morgan fingerprint density at radius 3 is 2.68 bits per heavy atom. The highest BCUT2D eigenvalue weighted by molar-refractivity contribution is 7.13. The summed E-state index contributed by atoms with van der Waals surface area (Å²) in [6.45, 7) is 4.69. The quantitative estimate of drug-likeness (QED) is 0.576. The Bertz CT molecular complexity index is 819. The lowest BCUT2D eigenvalue weighted by Crippen LogP contribution is -2.24. The molecule has 2 rings (SSSR count). The molecule has 0 saturated carbocycles. The number of amides is 1. The van der Waals surface area contributed by atoms with Gasteiger partial charge in [-0.3, -0.25) is 4.79 Å². The number of nitrogens with zero attached hydrogens (tertiary/aromatic N) is 1. The number of aromatic carboxylic acids is 1. The molecule has 1 amide bonds. The van der Waals surface area contributed by atoms with Crippen LogP contribution in [0.5, 0.6) is 11.5 Å². The molecule has 0 bridgehead atoms. The van der Waals surface area contributed by atoms with Crippen molar-refractivity contribution < 1.29 is 24.2 Å². The van der Waals surface area contributed by atoms with Crippen LogP contribution in [0.1, 0.15) is 52.1 Å². The predicted octanol–water partition coefficient (Wildman–Crippen LogP) is 2.25. The number of unbranched alkanes of at least 4 members (excludes halogenated alkanes) is 2. The molecule has 1 N–H and O–H groups in total. The summed E-state index contributed by atoms with van der Waals surface area (Å²) >= 11 is 0.966. The molecule has 8 heteroatoms. The maximum atomic E-state index is 12.1. The van der Waals surface area contributed by atoms with Crippen molar-refractivity contribution in [2.24, 2.45) is 0 Å². The van der Waals surface area contributed by atoms with E-state index >= 15 is 0 Å². The minimum absolute atomic E-state index is 0.0224. The van der Waals surface area contributed by atoms with Gasteiger partial charge in [-0.05, 0) is 31.0 Å². The van der Waals surface area contributed by atoms with Crippen LogP contribution in [0.25, 0.3) is 0 Å². The van der Waals surface area contributed by atoms with Gasteiger partial charge in [0.15, 0.2) is 11.5 Å². The van der Waals surface area contributed by atoms with Gasteiger partial charge in [0, 0.05) is 6.54 Å². The second-order valence-corrected chi connectivity index (χ2v) is 7.39. The summed E-state index contributed by atoms with van der Waals surface area (Å²) in [5, 5.41) is 14.2. The molecule has 0 fully saturated rings. The molecule has 28 heavy (non-hydrogen) atoms. The number of aromatic nitrogens is 1. The fourth-order valence-corrected chi connectivity index (χ4v) is 3.49. The summed E-state index contributed by atoms with van der Waals surface area (Å²) in [6, 6.07) is 5.54. The Balaban J connectivity index is 1.90. The molecule has 0 radical (unpaired) electrons. The number of aryl methyl sites for hydroxylation is 1. The third kappa shape index (κ3) is 6.23. The molecule has 152 valence electrons. The number of hydrogen-bond donors (Lipinski definition) is 1. The summed E-state index contributed by atoms with van der Waals surface area (Å²) in [5.41, 5.74) is 1.24. The van der Waals surface area contributed by atoms with Crippen molar-refractivity contribution in [3.05, 3.63) is 39.3 Å². The standard InChI is InChI=1S/C20H26N2O5S/c1-4-5-6-9-27-15-8-7-14(10-16(15)26-3)12-21-17(23)11-18-22-13(2)19(28-18)20(24)25/h7-8,10H,4-6,9,11-12H2,1-3H3,(H,21,23)(H,24,25)/p-1. The molecule has 1 heterocycles. The Kier molecular flexibility index (Phi) is 8.25. The summed E-state index contributed by atoms with van der Waals surface area (Å²) in [6.07, 6.45) is 3.27. The third-order valence-electron chi connectivity index (χ3n) is 4.06. The number of nitrogens with one attached hydrogen (secondary N) is 1. The molecule has 1 aromatic carbocycles. The normalized spacial score (nSPS) is 10.5. The van der Waals surface area contributed by atoms with Crippen LogP contribution >= 0.6 is 11.3 Å². The van der Waals surface area contributed by atoms with Crippen LogP contribution in [0.2, 0.25) is 0 Å². The van der Waals surface area contributed by atoms with Gasteiger partial charge in [0.2, 0.25) is 5.91 Å². The lowest BCUT2D eigenvalue weighted by Gasteiger charge is -2.12. The topological polar surface area (TPSA) is 101 Å². The second kappa shape index (κ2) is 10.7. The van der Waals surface area contributed by atoms with Crippen LogP contribution in [0, 0.1) is 6.92 Å². The SMILES string of the molecule is CCCCCOc1ccc(CNC(=O)Cc2nc(C)c(C(=O)[O-])s2)cc1OC. The molecule has 0 atom stereocenters. The van der Waals surface area contributed by atoms with E-state index in [0.717, 1.165) is 36.2 Å². The van der Waals surface area contributed by atoms with Crippen LogP contribution in [-0.2, 0) is 17.8 Å². The average molecular weight is 405 g/mol. The average Bonchev–Trinajstić information content (AvgIpc) is 3.04. The van der Waals surface area contributed by atoms with Crippen LogP contribution in [0.15, 0.2) is 18.2 Å². The Hall–Kier alpha value is -2.61. The molecule has 0 aliphatic rings. The van der Waals surface area contributed by atoms with E-state index in [0.29, 0.717) is 35.4 Å². The van der Waals surface area contributed by atoms with Crippen molar-refractivity contribution in [2.45, 2.75) is 46.1 Å². The van der Waals surface area contributed by atoms with Crippen molar-refractivity contribution in [3.8, 4) is 11.5 Å². The van der Waals surface area contributed by atoms with Gasteiger partial charge in [-0.15, -0.1) is 11.3 Å². The third-order valence-corrected chi connectivity index (χ3v) is 5.20. The number of carbonyl (C=O) groups excluding carboxylic acids is 2. The lowest BCUT2D eigenvalue weighted by atomic mass is 10.2. The van der Waals surface area contributed by atoms with E-state index in [9.17, 15) is 14.7 Å². The molecule has 1 aromatic heterocycles. The molecule has 2 aromatic rings. The van der Waals surface area contributed by atoms with Gasteiger partial charge >= 0.3 is 0 Å². The minimum atomic E-state index is -1.27. The number of methoxy groups -OCH3 is 1. The monoisotopic (exact) mass is 405 g/mol. The number of benzene rings is 1. The summed E-state index contributed by atoms with van der Waals surface area (Å²) in [4.78, 5) is 27.3. The number of ether oxygens (including phenoxy) is 2. The highest BCUT2D eigenvalue weighted by Crippen LogP contribution is 2.28. The Morgan fingerprint density at radius 2 is 2.04 bits per heavy atom. The molecule has 7 nitrogen and oxygen atoms in total. The first-order valence-corrected chi connectivity index (χ1v) is 10.00. The molecule has 0 aliphatic carbocycles. The van der Waals surface area contributed by atoms with E-state index in [2.05, 4.69) is 17.2 Å². The van der Waals surface area contributed by atoms with Crippen molar-refractivity contribution in [3.63, 3.8) is 0 Å². The zero-order valence-electron chi connectivity index (χ0n) is 16.4. The fraction of sp³-hybridized carbons (Fsp3) is 0.450. The van der Waals surface area contributed by atoms with E-state index in [1.165, 1.54) is 0 Å². The number of carbonyl (C=O) groups is 2. The number of carboxylic acid groups (broad SMARTS) is 1. The largest absolute Gasteiger partial charge is 0.544 e. The van der Waals surface area contributed by atoms with E-state index in [1.807, 2.05) is 18.2 Å². The first kappa shape index (κ1) is 21.7. The summed E-state index contributed by atoms with van der Waals surface area (Å²) in [5.74, 6) is -0.206. The number of thiazole rings is 1. The van der Waals surface area contributed by atoms with Crippen LogP contribution in [0.4, 0.5) is 0 Å². The van der Waals surface area contributed by atoms with Crippen LogP contribution in [0.3, 0.4) is 0 Å². The van der Waals surface area contributed by atoms with E-state index < -0.39 is 5.97 Å². The minimum Gasteiger partial charge on any atom is -0.544 e. The zero-order valence-corrected chi connectivity index (χ0v) is 17.2. The fourth-order valence-electron chi connectivity index (χ4n) is 2.59. The maximum Gasteiger partial charge on any atom is 0.227 e. The molecule has 0 aliphatic heterocycles. The second-order valence-electron chi connectivity index (χ2n) is 6.30. The van der Waals surface area contributed by atoms with Crippen molar-refractivity contribution >= 4 is 23.2 Å². The van der Waals surface area contributed by atoms with E-state index in [4.69, 9.17) is 9.47 Å². The van der Waals surface area contributed by atoms with Gasteiger partial charge in [-0.25, -0.2) is 4.98 Å². The number of carboxylic acids is 1. The first-order valence-electron chi connectivity index (χ1n) is 9.18. The highest BCUT2D eigenvalue weighted by Gasteiger charge is 2.12. The van der Waals surface area contributed by atoms with Gasteiger partial charge in [0.25, 0.3) is 0 Å². The summed E-state index contributed by atoms with van der Waals surface area (Å²) in [7, 11) is 1.58. The highest BCUT2D eigenvalue weighted by atomic mass is 32.1. The molecular formula is C20H25N2O5S-. The first-order chi connectivity index (χ1) is 13.4. The van der Waals surface area contributed by atoms with Gasteiger partial charge < -0.3 is 24.7 Å². The lowest BCUT2D eigenvalue weighted by molar-refractivity contribution is -0.254. The molecular weight excluding hydrogens is 380 g/mol. The van der Waals surface area contributed by atoms with Gasteiger partial charge in [-0.2, -0.15) is 0 Å². The number of rotatable bonds is 11. The Labute approximate surface area is 168 Å². The van der Waals surface area contributed by atoms with Gasteiger partial charge in [-0.1, -0.05) is 25.8 Å². The van der Waals surface area contributed by atoms with Gasteiger partial charge in [0.1, 0.15) is 5.01 Å². The predicted molar refractivity (Wildman–Crippen MR) is 105 cm³/mol. The van der Waals surface area contributed by atoms with Crippen molar-refractivity contribution in [1.29, 1.82) is 0 Å². The van der Waals surface area contributed by atoms with Crippen LogP contribution < -0.4 is 19.9 Å². The molecule has 0 unspecified atom stereocenters. The molecule has 0 spiro atoms. The van der Waals surface area contributed by atoms with E-state index in [-0.39, 0.29) is 17.2 Å². The maximum absolute atomic E-state index is 12.1. The smallest absolute Gasteiger partial charge is 0.227 e. The van der Waals surface area contributed by atoms with Gasteiger partial charge in [0.05, 0.1) is 36.7 Å². The van der Waals surface area contributed by atoms with Crippen molar-refractivity contribution in [1.82, 2.24) is 10.3 Å². The van der Waals surface area contributed by atoms with Crippen LogP contribution in [-0.4, -0.2) is 30.6 Å². The number of hydrogen-bond acceptors (Lipinski definition) is 7. The Morgan fingerprint density at radius 1 is 1.25 bits per heavy atom.